The average molecular weight is 513 g/mol. The summed E-state index contributed by atoms with van der Waals surface area (Å²) in [6, 6.07) is 19.1. The largest absolute Gasteiger partial charge is 0.453 e. The van der Waals surface area contributed by atoms with Crippen LogP contribution in [0.15, 0.2) is 91.0 Å². The Bertz CT molecular complexity index is 1180. The number of cyclic esters (lactones) is 1. The van der Waals surface area contributed by atoms with Crippen LogP contribution >= 0.6 is 7.14 Å². The maximum absolute atomic E-state index is 14.5. The van der Waals surface area contributed by atoms with Crippen molar-refractivity contribution in [1.29, 1.82) is 0 Å². The van der Waals surface area contributed by atoms with Crippen LogP contribution in [0.1, 0.15) is 11.6 Å². The van der Waals surface area contributed by atoms with Gasteiger partial charge in [-0.1, -0.05) is 91.0 Å². The smallest absolute Gasteiger partial charge is 0.423 e. The van der Waals surface area contributed by atoms with E-state index in [9.17, 15) is 35.7 Å². The predicted octanol–water partition coefficient (Wildman–Crippen LogP) is 5.38. The van der Waals surface area contributed by atoms with Gasteiger partial charge in [-0.15, -0.1) is 0 Å². The van der Waals surface area contributed by atoms with Crippen molar-refractivity contribution in [3.8, 4) is 0 Å². The third-order valence-corrected chi connectivity index (χ3v) is 8.74. The van der Waals surface area contributed by atoms with Crippen LogP contribution in [0.3, 0.4) is 0 Å². The van der Waals surface area contributed by atoms with Gasteiger partial charge in [-0.2, -0.15) is 26.3 Å². The normalized spacial score (nSPS) is 18.9. The molecule has 1 heterocycles. The molecule has 4 nitrogen and oxygen atoms in total. The summed E-state index contributed by atoms with van der Waals surface area (Å²) in [5.41, 5.74) is -5.14. The molecule has 0 amide bonds. The van der Waals surface area contributed by atoms with Gasteiger partial charge < -0.3 is 9.30 Å². The number of ether oxygens (including phenoxy) is 1. The minimum Gasteiger partial charge on any atom is -0.423 e. The second-order valence-corrected chi connectivity index (χ2v) is 10.7. The van der Waals surface area contributed by atoms with Gasteiger partial charge in [-0.25, -0.2) is 9.69 Å². The van der Waals surface area contributed by atoms with E-state index < -0.39 is 43.5 Å². The van der Waals surface area contributed by atoms with Gasteiger partial charge in [0.05, 0.1) is 6.29 Å². The van der Waals surface area contributed by atoms with E-state index in [1.165, 1.54) is 78.9 Å². The molecule has 1 fully saturated rings. The Morgan fingerprint density at radius 1 is 0.743 bits per heavy atom. The third-order valence-electron chi connectivity index (χ3n) is 5.77. The first-order valence-corrected chi connectivity index (χ1v) is 12.2. The van der Waals surface area contributed by atoms with Gasteiger partial charge in [0.15, 0.2) is 7.14 Å². The fourth-order valence-corrected chi connectivity index (χ4v) is 6.89. The van der Waals surface area contributed by atoms with Crippen molar-refractivity contribution < 1.29 is 40.4 Å². The Kier molecular flexibility index (Phi) is 6.32. The number of carbonyl (C=O) groups excluding carboxylic acids is 1. The molecule has 35 heavy (non-hydrogen) atoms. The van der Waals surface area contributed by atoms with E-state index in [4.69, 9.17) is 0 Å². The van der Waals surface area contributed by atoms with Crippen LogP contribution in [0.4, 0.5) is 26.3 Å². The first-order valence-electron chi connectivity index (χ1n) is 10.3. The average Bonchev–Trinajstić information content (AvgIpc) is 3.13. The third kappa shape index (κ3) is 4.15. The number of hydrogen-bond acceptors (Lipinski definition) is 4. The fourth-order valence-electron chi connectivity index (χ4n) is 4.17. The molecule has 3 aromatic rings. The Balaban J connectivity index is 1.99. The first kappa shape index (κ1) is 25.0. The van der Waals surface area contributed by atoms with Gasteiger partial charge in [-0.05, 0) is 5.56 Å². The fraction of sp³-hybridized carbons (Fsp3) is 0.208. The summed E-state index contributed by atoms with van der Waals surface area (Å²) in [5.74, 6) is -1.74. The minimum absolute atomic E-state index is 0.0376. The minimum atomic E-state index is -6.08. The summed E-state index contributed by atoms with van der Waals surface area (Å²) in [6.07, 6.45) is -13.4. The molecule has 1 atom stereocenters. The summed E-state index contributed by atoms with van der Waals surface area (Å²) in [4.78, 5) is 12.6. The van der Waals surface area contributed by atoms with E-state index in [0.29, 0.717) is 0 Å². The van der Waals surface area contributed by atoms with E-state index >= 15 is 0 Å². The molecular weight excluding hydrogens is 495 g/mol. The van der Waals surface area contributed by atoms with Crippen molar-refractivity contribution in [3.05, 3.63) is 96.6 Å². The second kappa shape index (κ2) is 8.84. The summed E-state index contributed by atoms with van der Waals surface area (Å²) in [5, 5.41) is 0.0752. The molecule has 1 saturated heterocycles. The predicted molar refractivity (Wildman–Crippen MR) is 117 cm³/mol. The molecule has 0 radical (unpaired) electrons. The van der Waals surface area contributed by atoms with Crippen molar-refractivity contribution in [2.75, 3.05) is 6.29 Å². The Labute approximate surface area is 196 Å². The van der Waals surface area contributed by atoms with Gasteiger partial charge in [-0.3, -0.25) is 0 Å². The molecule has 3 aromatic carbocycles. The molecule has 1 aliphatic heterocycles. The molecule has 4 rings (SSSR count). The molecule has 0 spiro atoms. The number of carbonyl (C=O) groups is 1. The summed E-state index contributed by atoms with van der Waals surface area (Å²) >= 11 is 0. The molecule has 1 unspecified atom stereocenters. The van der Waals surface area contributed by atoms with Gasteiger partial charge in [0.1, 0.15) is 6.04 Å². The van der Waals surface area contributed by atoms with Gasteiger partial charge in [0, 0.05) is 10.6 Å². The highest BCUT2D eigenvalue weighted by molar-refractivity contribution is 7.78. The van der Waals surface area contributed by atoms with Crippen LogP contribution in [0.25, 0.3) is 0 Å². The molecule has 1 aliphatic rings. The van der Waals surface area contributed by atoms with Crippen LogP contribution in [-0.4, -0.2) is 35.2 Å². The number of benzene rings is 3. The van der Waals surface area contributed by atoms with Crippen LogP contribution in [-0.2, 0) is 14.1 Å². The maximum atomic E-state index is 14.5. The van der Waals surface area contributed by atoms with Crippen LogP contribution < -0.4 is 10.6 Å². The maximum Gasteiger partial charge on any atom is 0.453 e. The zero-order valence-corrected chi connectivity index (χ0v) is 18.7. The van der Waals surface area contributed by atoms with Gasteiger partial charge >= 0.3 is 24.0 Å². The lowest BCUT2D eigenvalue weighted by Crippen LogP contribution is -2.66. The SMILES string of the molecule is O=C1OC(C(F)(F)F)(C(F)(F)F)N(CP(=O)(c2ccccc2)c2ccccc2)C1c1ccccc1. The number of esters is 1. The van der Waals surface area contributed by atoms with Crippen molar-refractivity contribution in [3.63, 3.8) is 0 Å². The summed E-state index contributed by atoms with van der Waals surface area (Å²) in [6.45, 7) is 0. The zero-order chi connectivity index (χ0) is 25.5. The molecule has 0 aliphatic carbocycles. The lowest BCUT2D eigenvalue weighted by Gasteiger charge is -2.40. The van der Waals surface area contributed by atoms with Gasteiger partial charge in [0.25, 0.3) is 0 Å². The van der Waals surface area contributed by atoms with E-state index in [1.807, 2.05) is 0 Å². The topological polar surface area (TPSA) is 46.6 Å². The highest BCUT2D eigenvalue weighted by Gasteiger charge is 2.82. The van der Waals surface area contributed by atoms with Crippen LogP contribution in [0, 0.1) is 0 Å². The van der Waals surface area contributed by atoms with E-state index in [2.05, 4.69) is 4.74 Å². The van der Waals surface area contributed by atoms with Crippen molar-refractivity contribution in [2.24, 2.45) is 0 Å². The Hall–Kier alpha value is -3.10. The van der Waals surface area contributed by atoms with Crippen molar-refractivity contribution >= 4 is 23.7 Å². The number of nitrogens with zero attached hydrogens (tertiary/aromatic N) is 1. The van der Waals surface area contributed by atoms with E-state index in [1.54, 1.807) is 12.1 Å². The first-order chi connectivity index (χ1) is 16.4. The van der Waals surface area contributed by atoms with Gasteiger partial charge in [0.2, 0.25) is 0 Å². The number of hydrogen-bond donors (Lipinski definition) is 0. The molecule has 0 aromatic heterocycles. The molecular formula is C24H18F6NO3P. The quantitative estimate of drug-likeness (QED) is 0.261. The summed E-state index contributed by atoms with van der Waals surface area (Å²) in [7, 11) is -4.18. The number of halogens is 6. The van der Waals surface area contributed by atoms with Crippen LogP contribution in [0.2, 0.25) is 0 Å². The molecule has 0 N–H and O–H groups in total. The van der Waals surface area contributed by atoms with Crippen LogP contribution in [0.5, 0.6) is 0 Å². The Morgan fingerprint density at radius 3 is 1.54 bits per heavy atom. The summed E-state index contributed by atoms with van der Waals surface area (Å²) < 4.78 is 104. The molecule has 0 bridgehead atoms. The lowest BCUT2D eigenvalue weighted by atomic mass is 10.0. The standard InChI is InChI=1S/C24H18F6NO3P/c25-23(26,27)22(24(28,29)30)31(20(21(32)34-22)17-10-4-1-5-11-17)16-35(33,18-12-6-2-7-13-18)19-14-8-3-9-15-19/h1-15,20H,16H2. The van der Waals surface area contributed by atoms with E-state index in [0.717, 1.165) is 0 Å². The van der Waals surface area contributed by atoms with Crippen molar-refractivity contribution in [2.45, 2.75) is 24.1 Å². The monoisotopic (exact) mass is 513 g/mol. The van der Waals surface area contributed by atoms with E-state index in [-0.39, 0.29) is 21.1 Å². The number of rotatable bonds is 5. The molecule has 11 heteroatoms. The second-order valence-electron chi connectivity index (χ2n) is 7.90. The number of alkyl halides is 6. The highest BCUT2D eigenvalue weighted by atomic mass is 31.2. The highest BCUT2D eigenvalue weighted by Crippen LogP contribution is 2.58. The zero-order valence-electron chi connectivity index (χ0n) is 17.8. The molecule has 184 valence electrons. The van der Waals surface area contributed by atoms with Crippen molar-refractivity contribution in [1.82, 2.24) is 4.90 Å². The Morgan fingerprint density at radius 2 is 1.14 bits per heavy atom. The lowest BCUT2D eigenvalue weighted by molar-refractivity contribution is -0.400. The molecule has 0 saturated carbocycles.